The van der Waals surface area contributed by atoms with Crippen LogP contribution >= 0.6 is 0 Å². The number of nitrogens with zero attached hydrogens (tertiary/aromatic N) is 1. The Kier molecular flexibility index (Phi) is 5.48. The highest BCUT2D eigenvalue weighted by Gasteiger charge is 2.18. The van der Waals surface area contributed by atoms with Crippen LogP contribution in [0.5, 0.6) is 0 Å². The molecule has 6 nitrogen and oxygen atoms in total. The Morgan fingerprint density at radius 1 is 1.08 bits per heavy atom. The molecule has 1 aliphatic heterocycles. The van der Waals surface area contributed by atoms with Crippen molar-refractivity contribution >= 4 is 17.6 Å². The minimum Gasteiger partial charge on any atom is -0.378 e. The maximum atomic E-state index is 12.4. The van der Waals surface area contributed by atoms with Crippen LogP contribution in [0.15, 0.2) is 36.4 Å². The summed E-state index contributed by atoms with van der Waals surface area (Å²) in [6.07, 6.45) is 7.08. The number of morpholine rings is 1. The van der Waals surface area contributed by atoms with Crippen molar-refractivity contribution in [3.8, 4) is 0 Å². The van der Waals surface area contributed by atoms with Gasteiger partial charge in [-0.1, -0.05) is 12.2 Å². The van der Waals surface area contributed by atoms with Crippen LogP contribution in [0.25, 0.3) is 0 Å². The molecule has 1 aromatic carbocycles. The quantitative estimate of drug-likeness (QED) is 0.837. The van der Waals surface area contributed by atoms with Crippen molar-refractivity contribution in [3.63, 3.8) is 0 Å². The van der Waals surface area contributed by atoms with Gasteiger partial charge in [0.2, 0.25) is 0 Å². The number of nitrogens with one attached hydrogen (secondary N) is 2. The number of hydrogen-bond acceptors (Lipinski definition) is 3. The number of carbonyl (C=O) groups excluding carboxylic acids is 2. The standard InChI is InChI=1S/C18H23N3O3/c22-17(21-10-12-24-13-11-21)14-6-8-16(9-7-14)20-18(23)19-15-4-2-1-3-5-15/h1-2,6-9,15H,3-5,10-13H2,(H2,19,20,23). The zero-order valence-electron chi connectivity index (χ0n) is 13.7. The van der Waals surface area contributed by atoms with Gasteiger partial charge >= 0.3 is 6.03 Å². The molecule has 6 heteroatoms. The first-order valence-electron chi connectivity index (χ1n) is 8.42. The molecular formula is C18H23N3O3. The van der Waals surface area contributed by atoms with E-state index >= 15 is 0 Å². The average molecular weight is 329 g/mol. The number of rotatable bonds is 3. The molecule has 128 valence electrons. The van der Waals surface area contributed by atoms with E-state index in [1.165, 1.54) is 0 Å². The Morgan fingerprint density at radius 3 is 2.50 bits per heavy atom. The molecule has 1 aromatic rings. The minimum atomic E-state index is -0.206. The number of benzene rings is 1. The first kappa shape index (κ1) is 16.5. The fourth-order valence-electron chi connectivity index (χ4n) is 2.92. The fourth-order valence-corrected chi connectivity index (χ4v) is 2.92. The van der Waals surface area contributed by atoms with Crippen molar-refractivity contribution in [3.05, 3.63) is 42.0 Å². The Bertz CT molecular complexity index is 606. The van der Waals surface area contributed by atoms with Gasteiger partial charge in [0.1, 0.15) is 0 Å². The second kappa shape index (κ2) is 7.97. The van der Waals surface area contributed by atoms with Crippen molar-refractivity contribution in [2.75, 3.05) is 31.6 Å². The lowest BCUT2D eigenvalue weighted by Crippen LogP contribution is -2.40. The van der Waals surface area contributed by atoms with Gasteiger partial charge in [-0.25, -0.2) is 4.79 Å². The molecule has 1 unspecified atom stereocenters. The molecule has 2 N–H and O–H groups in total. The van der Waals surface area contributed by atoms with Gasteiger partial charge < -0.3 is 20.3 Å². The topological polar surface area (TPSA) is 70.7 Å². The lowest BCUT2D eigenvalue weighted by Gasteiger charge is -2.26. The molecule has 0 saturated carbocycles. The number of anilines is 1. The number of hydrogen-bond donors (Lipinski definition) is 2. The molecule has 1 fully saturated rings. The van der Waals surface area contributed by atoms with Gasteiger partial charge in [0, 0.05) is 30.4 Å². The number of allylic oxidation sites excluding steroid dienone is 1. The lowest BCUT2D eigenvalue weighted by atomic mass is 10.0. The molecule has 0 radical (unpaired) electrons. The Balaban J connectivity index is 1.53. The van der Waals surface area contributed by atoms with E-state index in [2.05, 4.69) is 22.8 Å². The zero-order valence-corrected chi connectivity index (χ0v) is 13.7. The SMILES string of the molecule is O=C(Nc1ccc(C(=O)N2CCOCC2)cc1)NC1CC=CCC1. The molecule has 1 saturated heterocycles. The molecule has 0 aromatic heterocycles. The summed E-state index contributed by atoms with van der Waals surface area (Å²) in [5.74, 6) is 0.00305. The van der Waals surface area contributed by atoms with Crippen molar-refractivity contribution in [1.29, 1.82) is 0 Å². The van der Waals surface area contributed by atoms with Crippen molar-refractivity contribution in [1.82, 2.24) is 10.2 Å². The first-order valence-corrected chi connectivity index (χ1v) is 8.42. The zero-order chi connectivity index (χ0) is 16.8. The molecule has 1 heterocycles. The Morgan fingerprint density at radius 2 is 1.83 bits per heavy atom. The normalized spacial score (nSPS) is 20.5. The number of ether oxygens (including phenoxy) is 1. The van der Waals surface area contributed by atoms with Gasteiger partial charge in [-0.3, -0.25) is 4.79 Å². The van der Waals surface area contributed by atoms with Crippen molar-refractivity contribution in [2.45, 2.75) is 25.3 Å². The molecular weight excluding hydrogens is 306 g/mol. The predicted molar refractivity (Wildman–Crippen MR) is 92.1 cm³/mol. The average Bonchev–Trinajstić information content (AvgIpc) is 2.63. The van der Waals surface area contributed by atoms with Crippen molar-refractivity contribution < 1.29 is 14.3 Å². The van der Waals surface area contributed by atoms with Crippen LogP contribution in [0, 0.1) is 0 Å². The van der Waals surface area contributed by atoms with Crippen LogP contribution in [0.1, 0.15) is 29.6 Å². The van der Waals surface area contributed by atoms with Crippen LogP contribution in [0.4, 0.5) is 10.5 Å². The van der Waals surface area contributed by atoms with Crippen molar-refractivity contribution in [2.24, 2.45) is 0 Å². The van der Waals surface area contributed by atoms with Crippen LogP contribution in [-0.4, -0.2) is 49.2 Å². The molecule has 24 heavy (non-hydrogen) atoms. The molecule has 3 rings (SSSR count). The van der Waals surface area contributed by atoms with Crippen LogP contribution < -0.4 is 10.6 Å². The molecule has 0 bridgehead atoms. The summed E-state index contributed by atoms with van der Waals surface area (Å²) in [5.41, 5.74) is 1.30. The molecule has 1 aliphatic carbocycles. The van der Waals surface area contributed by atoms with E-state index in [1.807, 2.05) is 0 Å². The number of carbonyl (C=O) groups is 2. The summed E-state index contributed by atoms with van der Waals surface area (Å²) >= 11 is 0. The number of urea groups is 1. The third-order valence-corrected chi connectivity index (χ3v) is 4.29. The van der Waals surface area contributed by atoms with E-state index in [4.69, 9.17) is 4.74 Å². The van der Waals surface area contributed by atoms with Gasteiger partial charge in [-0.05, 0) is 43.5 Å². The van der Waals surface area contributed by atoms with Gasteiger partial charge in [0.15, 0.2) is 0 Å². The van der Waals surface area contributed by atoms with Gasteiger partial charge in [0.05, 0.1) is 13.2 Å². The van der Waals surface area contributed by atoms with E-state index in [0.29, 0.717) is 37.6 Å². The molecule has 0 spiro atoms. The molecule has 3 amide bonds. The Hall–Kier alpha value is -2.34. The largest absolute Gasteiger partial charge is 0.378 e. The maximum Gasteiger partial charge on any atom is 0.319 e. The minimum absolute atomic E-state index is 0.00305. The second-order valence-corrected chi connectivity index (χ2v) is 6.06. The fraction of sp³-hybridized carbons (Fsp3) is 0.444. The summed E-state index contributed by atoms with van der Waals surface area (Å²) < 4.78 is 5.26. The highest BCUT2D eigenvalue weighted by molar-refractivity contribution is 5.95. The molecule has 1 atom stereocenters. The number of amides is 3. The smallest absolute Gasteiger partial charge is 0.319 e. The summed E-state index contributed by atoms with van der Waals surface area (Å²) in [5, 5.41) is 5.78. The van der Waals surface area contributed by atoms with E-state index in [9.17, 15) is 9.59 Å². The molecule has 2 aliphatic rings. The summed E-state index contributed by atoms with van der Waals surface area (Å²) in [4.78, 5) is 26.2. The van der Waals surface area contributed by atoms with Gasteiger partial charge in [0.25, 0.3) is 5.91 Å². The third kappa shape index (κ3) is 4.35. The third-order valence-electron chi connectivity index (χ3n) is 4.29. The van der Waals surface area contributed by atoms with Crippen LogP contribution in [0.2, 0.25) is 0 Å². The van der Waals surface area contributed by atoms with E-state index in [0.717, 1.165) is 19.3 Å². The lowest BCUT2D eigenvalue weighted by molar-refractivity contribution is 0.0303. The van der Waals surface area contributed by atoms with Crippen LogP contribution in [-0.2, 0) is 4.74 Å². The summed E-state index contributed by atoms with van der Waals surface area (Å²) in [6.45, 7) is 2.41. The van der Waals surface area contributed by atoms with Crippen LogP contribution in [0.3, 0.4) is 0 Å². The second-order valence-electron chi connectivity index (χ2n) is 6.06. The highest BCUT2D eigenvalue weighted by Crippen LogP contribution is 2.14. The first-order chi connectivity index (χ1) is 11.7. The van der Waals surface area contributed by atoms with Gasteiger partial charge in [-0.2, -0.15) is 0 Å². The maximum absolute atomic E-state index is 12.4. The van der Waals surface area contributed by atoms with E-state index < -0.39 is 0 Å². The Labute approximate surface area is 141 Å². The van der Waals surface area contributed by atoms with Gasteiger partial charge in [-0.15, -0.1) is 0 Å². The summed E-state index contributed by atoms with van der Waals surface area (Å²) in [6, 6.07) is 7.00. The monoisotopic (exact) mass is 329 g/mol. The van der Waals surface area contributed by atoms with E-state index in [-0.39, 0.29) is 18.0 Å². The highest BCUT2D eigenvalue weighted by atomic mass is 16.5. The predicted octanol–water partition coefficient (Wildman–Crippen LogP) is 2.39. The van der Waals surface area contributed by atoms with E-state index in [1.54, 1.807) is 29.2 Å². The summed E-state index contributed by atoms with van der Waals surface area (Å²) in [7, 11) is 0.